The summed E-state index contributed by atoms with van der Waals surface area (Å²) in [5.41, 5.74) is 0. The van der Waals surface area contributed by atoms with Crippen LogP contribution in [0.25, 0.3) is 0 Å². The predicted octanol–water partition coefficient (Wildman–Crippen LogP) is 4.04. The normalized spacial score (nSPS) is 25.1. The van der Waals surface area contributed by atoms with Crippen molar-refractivity contribution in [1.29, 1.82) is 0 Å². The molecule has 4 heteroatoms. The molecule has 0 aromatic carbocycles. The van der Waals surface area contributed by atoms with E-state index in [0.29, 0.717) is 12.1 Å². The molecule has 0 spiro atoms. The molecule has 1 aromatic rings. The fourth-order valence-corrected chi connectivity index (χ4v) is 4.46. The summed E-state index contributed by atoms with van der Waals surface area (Å²) in [6.07, 6.45) is 5.58. The molecule has 1 aliphatic heterocycles. The van der Waals surface area contributed by atoms with Crippen LogP contribution in [-0.2, 0) is 0 Å². The van der Waals surface area contributed by atoms with E-state index in [2.05, 4.69) is 45.2 Å². The zero-order valence-corrected chi connectivity index (χ0v) is 14.0. The van der Waals surface area contributed by atoms with Crippen LogP contribution < -0.4 is 5.32 Å². The lowest BCUT2D eigenvalue weighted by atomic mass is 10.1. The number of hydrogen-bond donors (Lipinski definition) is 1. The molecule has 1 saturated heterocycles. The van der Waals surface area contributed by atoms with Crippen molar-refractivity contribution in [3.63, 3.8) is 0 Å². The van der Waals surface area contributed by atoms with Crippen LogP contribution in [0.5, 0.6) is 0 Å². The minimum Gasteiger partial charge on any atom is -0.313 e. The smallest absolute Gasteiger partial charge is 0.0701 e. The summed E-state index contributed by atoms with van der Waals surface area (Å²) in [7, 11) is 0. The molecular weight excluding hydrogens is 320 g/mol. The molecule has 2 nitrogen and oxygen atoms in total. The van der Waals surface area contributed by atoms with Crippen molar-refractivity contribution in [1.82, 2.24) is 10.2 Å². The average Bonchev–Trinajstić information content (AvgIpc) is 2.89. The van der Waals surface area contributed by atoms with Gasteiger partial charge in [0.1, 0.15) is 0 Å². The van der Waals surface area contributed by atoms with Crippen LogP contribution >= 0.6 is 27.3 Å². The summed E-state index contributed by atoms with van der Waals surface area (Å²) in [4.78, 5) is 4.20. The van der Waals surface area contributed by atoms with E-state index in [0.717, 1.165) is 5.92 Å². The summed E-state index contributed by atoms with van der Waals surface area (Å²) in [5.74, 6) is 0.965. The molecule has 0 bridgehead atoms. The maximum absolute atomic E-state index is 3.64. The number of hydrogen-bond acceptors (Lipinski definition) is 3. The molecule has 1 aliphatic carbocycles. The van der Waals surface area contributed by atoms with Crippen molar-refractivity contribution >= 4 is 27.3 Å². The molecule has 2 fully saturated rings. The Morgan fingerprint density at radius 2 is 2.21 bits per heavy atom. The molecule has 106 valence electrons. The lowest BCUT2D eigenvalue weighted by Crippen LogP contribution is -2.39. The molecule has 2 atom stereocenters. The maximum atomic E-state index is 3.64. The molecule has 1 N–H and O–H groups in total. The maximum Gasteiger partial charge on any atom is 0.0701 e. The highest BCUT2D eigenvalue weighted by molar-refractivity contribution is 9.11. The van der Waals surface area contributed by atoms with Crippen LogP contribution in [-0.4, -0.2) is 30.6 Å². The van der Waals surface area contributed by atoms with Gasteiger partial charge < -0.3 is 5.32 Å². The summed E-state index contributed by atoms with van der Waals surface area (Å²) < 4.78 is 1.25. The zero-order chi connectivity index (χ0) is 13.2. The van der Waals surface area contributed by atoms with Gasteiger partial charge in [0.25, 0.3) is 0 Å². The van der Waals surface area contributed by atoms with Crippen LogP contribution in [0.2, 0.25) is 0 Å². The fourth-order valence-electron chi connectivity index (χ4n) is 2.95. The molecule has 1 aromatic heterocycles. The monoisotopic (exact) mass is 342 g/mol. The summed E-state index contributed by atoms with van der Waals surface area (Å²) >= 11 is 5.47. The Balaban J connectivity index is 1.65. The largest absolute Gasteiger partial charge is 0.313 e. The highest BCUT2D eigenvalue weighted by Crippen LogP contribution is 2.35. The van der Waals surface area contributed by atoms with Gasteiger partial charge >= 0.3 is 0 Å². The number of halogens is 1. The second-order valence-corrected chi connectivity index (χ2v) is 8.50. The minimum atomic E-state index is 0.555. The lowest BCUT2D eigenvalue weighted by molar-refractivity contribution is 0.186. The Kier molecular flexibility index (Phi) is 4.62. The highest BCUT2D eigenvalue weighted by atomic mass is 79.9. The van der Waals surface area contributed by atoms with Gasteiger partial charge in [-0.3, -0.25) is 4.90 Å². The van der Waals surface area contributed by atoms with Crippen LogP contribution in [0, 0.1) is 5.92 Å². The van der Waals surface area contributed by atoms with Gasteiger partial charge in [-0.2, -0.15) is 0 Å². The van der Waals surface area contributed by atoms with Crippen molar-refractivity contribution in [3.8, 4) is 0 Å². The van der Waals surface area contributed by atoms with E-state index in [4.69, 9.17) is 0 Å². The Bertz CT molecular complexity index is 410. The quantitative estimate of drug-likeness (QED) is 0.839. The first kappa shape index (κ1) is 14.1. The first-order chi connectivity index (χ1) is 9.22. The van der Waals surface area contributed by atoms with Gasteiger partial charge in [0.05, 0.1) is 3.79 Å². The van der Waals surface area contributed by atoms with Crippen molar-refractivity contribution in [2.24, 2.45) is 5.92 Å². The van der Waals surface area contributed by atoms with Gasteiger partial charge in [-0.15, -0.1) is 11.3 Å². The van der Waals surface area contributed by atoms with Crippen LogP contribution in [0.3, 0.4) is 0 Å². The van der Waals surface area contributed by atoms with E-state index in [1.54, 1.807) is 0 Å². The Labute approximate surface area is 128 Å². The van der Waals surface area contributed by atoms with Gasteiger partial charge in [-0.25, -0.2) is 0 Å². The molecule has 2 unspecified atom stereocenters. The lowest BCUT2D eigenvalue weighted by Gasteiger charge is -2.31. The minimum absolute atomic E-state index is 0.555. The highest BCUT2D eigenvalue weighted by Gasteiger charge is 2.29. The average molecular weight is 343 g/mol. The number of rotatable bonds is 6. The summed E-state index contributed by atoms with van der Waals surface area (Å²) in [5, 5.41) is 3.64. The third kappa shape index (κ3) is 3.81. The topological polar surface area (TPSA) is 15.3 Å². The standard InChI is InChI=1S/C15H23BrN2S/c1-11(14-6-7-15(16)19-14)18(9-12-4-5-12)10-13-3-2-8-17-13/h6-7,11-13,17H,2-5,8-10H2,1H3. The van der Waals surface area contributed by atoms with E-state index < -0.39 is 0 Å². The summed E-state index contributed by atoms with van der Waals surface area (Å²) in [6.45, 7) is 6.08. The van der Waals surface area contributed by atoms with E-state index in [1.165, 1.54) is 54.0 Å². The third-order valence-electron chi connectivity index (χ3n) is 4.36. The number of thiophene rings is 1. The summed E-state index contributed by atoms with van der Waals surface area (Å²) in [6, 6.07) is 5.73. The first-order valence-electron chi connectivity index (χ1n) is 7.45. The predicted molar refractivity (Wildman–Crippen MR) is 85.8 cm³/mol. The van der Waals surface area contributed by atoms with Crippen LogP contribution in [0.4, 0.5) is 0 Å². The Morgan fingerprint density at radius 3 is 2.79 bits per heavy atom. The van der Waals surface area contributed by atoms with Gasteiger partial charge in [0, 0.05) is 30.1 Å². The second-order valence-electron chi connectivity index (χ2n) is 6.01. The van der Waals surface area contributed by atoms with Gasteiger partial charge in [-0.1, -0.05) is 0 Å². The molecule has 2 aliphatic rings. The molecule has 19 heavy (non-hydrogen) atoms. The molecular formula is C15H23BrN2S. The van der Waals surface area contributed by atoms with Gasteiger partial charge in [-0.05, 0) is 73.1 Å². The second kappa shape index (κ2) is 6.25. The van der Waals surface area contributed by atoms with Crippen molar-refractivity contribution in [2.45, 2.75) is 44.7 Å². The SMILES string of the molecule is CC(c1ccc(Br)s1)N(CC1CC1)CC1CCCN1. The Hall–Kier alpha value is 0.1000. The van der Waals surface area contributed by atoms with Crippen molar-refractivity contribution in [3.05, 3.63) is 20.8 Å². The van der Waals surface area contributed by atoms with E-state index in [1.807, 2.05) is 11.3 Å². The molecule has 1 saturated carbocycles. The first-order valence-corrected chi connectivity index (χ1v) is 9.06. The number of nitrogens with one attached hydrogen (secondary N) is 1. The zero-order valence-electron chi connectivity index (χ0n) is 11.6. The van der Waals surface area contributed by atoms with Crippen LogP contribution in [0.15, 0.2) is 15.9 Å². The molecule has 0 radical (unpaired) electrons. The van der Waals surface area contributed by atoms with Gasteiger partial charge in [0.2, 0.25) is 0 Å². The molecule has 0 amide bonds. The fraction of sp³-hybridized carbons (Fsp3) is 0.733. The van der Waals surface area contributed by atoms with Crippen molar-refractivity contribution < 1.29 is 0 Å². The van der Waals surface area contributed by atoms with E-state index in [-0.39, 0.29) is 0 Å². The number of nitrogens with zero attached hydrogens (tertiary/aromatic N) is 1. The third-order valence-corrected chi connectivity index (χ3v) is 6.15. The van der Waals surface area contributed by atoms with Gasteiger partial charge in [0.15, 0.2) is 0 Å². The molecule has 2 heterocycles. The Morgan fingerprint density at radius 1 is 1.37 bits per heavy atom. The van der Waals surface area contributed by atoms with E-state index in [9.17, 15) is 0 Å². The molecule has 3 rings (SSSR count). The van der Waals surface area contributed by atoms with E-state index >= 15 is 0 Å². The van der Waals surface area contributed by atoms with Crippen molar-refractivity contribution in [2.75, 3.05) is 19.6 Å². The van der Waals surface area contributed by atoms with Crippen LogP contribution in [0.1, 0.15) is 43.5 Å².